The summed E-state index contributed by atoms with van der Waals surface area (Å²) in [6.45, 7) is 0.957. The molecule has 0 unspecified atom stereocenters. The lowest BCUT2D eigenvalue weighted by Gasteiger charge is -1.99. The largest absolute Gasteiger partial charge is 0.353 e. The van der Waals surface area contributed by atoms with Crippen LogP contribution in [0.2, 0.25) is 0 Å². The SMILES string of the molecule is Brc1ccn(CCc2ncc[nH]2)c1. The van der Waals surface area contributed by atoms with E-state index >= 15 is 0 Å². The van der Waals surface area contributed by atoms with Crippen molar-refractivity contribution >= 4 is 15.9 Å². The van der Waals surface area contributed by atoms with Gasteiger partial charge in [-0.25, -0.2) is 4.98 Å². The van der Waals surface area contributed by atoms with Crippen molar-refractivity contribution in [2.24, 2.45) is 0 Å². The highest BCUT2D eigenvalue weighted by Gasteiger charge is 1.96. The number of aromatic nitrogens is 3. The molecule has 0 radical (unpaired) electrons. The number of rotatable bonds is 3. The molecule has 2 aromatic rings. The van der Waals surface area contributed by atoms with Gasteiger partial charge in [0.15, 0.2) is 0 Å². The smallest absolute Gasteiger partial charge is 0.107 e. The second-order valence-corrected chi connectivity index (χ2v) is 3.77. The minimum Gasteiger partial charge on any atom is -0.353 e. The summed E-state index contributed by atoms with van der Waals surface area (Å²) in [6, 6.07) is 2.03. The fourth-order valence-electron chi connectivity index (χ4n) is 1.22. The summed E-state index contributed by atoms with van der Waals surface area (Å²) in [5.41, 5.74) is 0. The summed E-state index contributed by atoms with van der Waals surface area (Å²) < 4.78 is 3.25. The van der Waals surface area contributed by atoms with Crippen LogP contribution in [0.1, 0.15) is 5.82 Å². The van der Waals surface area contributed by atoms with Gasteiger partial charge in [-0.3, -0.25) is 0 Å². The van der Waals surface area contributed by atoms with Crippen LogP contribution in [-0.4, -0.2) is 14.5 Å². The standard InChI is InChI=1S/C9H10BrN3/c10-8-1-5-13(7-8)6-2-9-11-3-4-12-9/h1,3-5,7H,2,6H2,(H,11,12). The van der Waals surface area contributed by atoms with Gasteiger partial charge in [0.25, 0.3) is 0 Å². The summed E-state index contributed by atoms with van der Waals surface area (Å²) >= 11 is 3.41. The first-order chi connectivity index (χ1) is 6.34. The zero-order valence-electron chi connectivity index (χ0n) is 7.07. The maximum Gasteiger partial charge on any atom is 0.107 e. The van der Waals surface area contributed by atoms with Gasteiger partial charge in [-0.1, -0.05) is 0 Å². The van der Waals surface area contributed by atoms with E-state index in [4.69, 9.17) is 0 Å². The van der Waals surface area contributed by atoms with Gasteiger partial charge in [-0.2, -0.15) is 0 Å². The molecule has 68 valence electrons. The summed E-state index contributed by atoms with van der Waals surface area (Å²) in [7, 11) is 0. The molecule has 0 spiro atoms. The van der Waals surface area contributed by atoms with E-state index in [0.717, 1.165) is 23.3 Å². The van der Waals surface area contributed by atoms with Crippen molar-refractivity contribution in [3.05, 3.63) is 41.2 Å². The van der Waals surface area contributed by atoms with E-state index in [1.165, 1.54) is 0 Å². The molecule has 0 saturated heterocycles. The first-order valence-corrected chi connectivity index (χ1v) is 4.93. The van der Waals surface area contributed by atoms with Gasteiger partial charge >= 0.3 is 0 Å². The number of imidazole rings is 1. The quantitative estimate of drug-likeness (QED) is 0.876. The first kappa shape index (κ1) is 8.56. The van der Waals surface area contributed by atoms with E-state index in [9.17, 15) is 0 Å². The maximum absolute atomic E-state index is 4.16. The van der Waals surface area contributed by atoms with Gasteiger partial charge in [0.1, 0.15) is 5.82 Å². The van der Waals surface area contributed by atoms with Crippen LogP contribution in [0.15, 0.2) is 35.3 Å². The Bertz CT molecular complexity index is 364. The average Bonchev–Trinajstić information content (AvgIpc) is 2.71. The van der Waals surface area contributed by atoms with E-state index in [1.54, 1.807) is 6.20 Å². The van der Waals surface area contributed by atoms with Crippen LogP contribution in [-0.2, 0) is 13.0 Å². The number of nitrogens with one attached hydrogen (secondary N) is 1. The number of aryl methyl sites for hydroxylation is 2. The van der Waals surface area contributed by atoms with Gasteiger partial charge in [-0.15, -0.1) is 0 Å². The van der Waals surface area contributed by atoms with Gasteiger partial charge in [0.2, 0.25) is 0 Å². The van der Waals surface area contributed by atoms with Crippen molar-refractivity contribution in [2.45, 2.75) is 13.0 Å². The maximum atomic E-state index is 4.16. The number of aromatic amines is 1. The molecule has 0 saturated carbocycles. The van der Waals surface area contributed by atoms with Crippen LogP contribution in [0.3, 0.4) is 0 Å². The molecule has 1 N–H and O–H groups in total. The average molecular weight is 240 g/mol. The summed E-state index contributed by atoms with van der Waals surface area (Å²) in [5, 5.41) is 0. The van der Waals surface area contributed by atoms with Gasteiger partial charge in [-0.05, 0) is 22.0 Å². The Morgan fingerprint density at radius 2 is 2.46 bits per heavy atom. The highest BCUT2D eigenvalue weighted by Crippen LogP contribution is 2.09. The van der Waals surface area contributed by atoms with Crippen molar-refractivity contribution in [3.63, 3.8) is 0 Å². The summed E-state index contributed by atoms with van der Waals surface area (Å²) in [6.07, 6.45) is 8.67. The number of halogens is 1. The van der Waals surface area contributed by atoms with E-state index in [2.05, 4.69) is 36.7 Å². The minimum atomic E-state index is 0.939. The third-order valence-electron chi connectivity index (χ3n) is 1.88. The number of nitrogens with zero attached hydrogens (tertiary/aromatic N) is 2. The van der Waals surface area contributed by atoms with Crippen LogP contribution >= 0.6 is 15.9 Å². The summed E-state index contributed by atoms with van der Waals surface area (Å²) in [4.78, 5) is 7.24. The molecule has 0 amide bonds. The molecule has 4 heteroatoms. The molecule has 2 aromatic heterocycles. The van der Waals surface area contributed by atoms with Gasteiger partial charge in [0.05, 0.1) is 0 Å². The minimum absolute atomic E-state index is 0.939. The van der Waals surface area contributed by atoms with Crippen molar-refractivity contribution in [2.75, 3.05) is 0 Å². The predicted octanol–water partition coefficient (Wildman–Crippen LogP) is 2.22. The molecule has 0 aliphatic carbocycles. The van der Waals surface area contributed by atoms with E-state index in [-0.39, 0.29) is 0 Å². The van der Waals surface area contributed by atoms with Crippen molar-refractivity contribution in [3.8, 4) is 0 Å². The van der Waals surface area contributed by atoms with Crippen molar-refractivity contribution < 1.29 is 0 Å². The highest BCUT2D eigenvalue weighted by molar-refractivity contribution is 9.10. The Morgan fingerprint density at radius 3 is 3.08 bits per heavy atom. The highest BCUT2D eigenvalue weighted by atomic mass is 79.9. The van der Waals surface area contributed by atoms with Crippen LogP contribution < -0.4 is 0 Å². The van der Waals surface area contributed by atoms with Gasteiger partial charge < -0.3 is 9.55 Å². The normalized spacial score (nSPS) is 10.5. The molecule has 13 heavy (non-hydrogen) atoms. The Hall–Kier alpha value is -1.03. The lowest BCUT2D eigenvalue weighted by Crippen LogP contribution is -1.99. The first-order valence-electron chi connectivity index (χ1n) is 4.14. The second kappa shape index (κ2) is 3.79. The lowest BCUT2D eigenvalue weighted by atomic mass is 10.4. The number of hydrogen-bond acceptors (Lipinski definition) is 1. The third-order valence-corrected chi connectivity index (χ3v) is 2.35. The number of H-pyrrole nitrogens is 1. The summed E-state index contributed by atoms with van der Waals surface area (Å²) in [5.74, 6) is 1.03. The Kier molecular flexibility index (Phi) is 2.49. The molecule has 0 aliphatic rings. The third kappa shape index (κ3) is 2.21. The van der Waals surface area contributed by atoms with Crippen LogP contribution in [0.5, 0.6) is 0 Å². The van der Waals surface area contributed by atoms with Crippen LogP contribution in [0, 0.1) is 0 Å². The van der Waals surface area contributed by atoms with Crippen LogP contribution in [0.25, 0.3) is 0 Å². The Morgan fingerprint density at radius 1 is 1.54 bits per heavy atom. The molecule has 0 aliphatic heterocycles. The lowest BCUT2D eigenvalue weighted by molar-refractivity contribution is 0.680. The van der Waals surface area contributed by atoms with E-state index in [0.29, 0.717) is 0 Å². The molecular formula is C9H10BrN3. The van der Waals surface area contributed by atoms with Gasteiger partial charge in [0, 0.05) is 42.2 Å². The zero-order valence-corrected chi connectivity index (χ0v) is 8.66. The fraction of sp³-hybridized carbons (Fsp3) is 0.222. The zero-order chi connectivity index (χ0) is 9.10. The topological polar surface area (TPSA) is 33.6 Å². The molecule has 2 rings (SSSR count). The fourth-order valence-corrected chi connectivity index (χ4v) is 1.60. The Balaban J connectivity index is 1.93. The van der Waals surface area contributed by atoms with Crippen LogP contribution in [0.4, 0.5) is 0 Å². The van der Waals surface area contributed by atoms with Crippen molar-refractivity contribution in [1.82, 2.24) is 14.5 Å². The molecule has 0 aromatic carbocycles. The molecule has 0 fully saturated rings. The molecule has 0 atom stereocenters. The molecular weight excluding hydrogens is 230 g/mol. The molecule has 3 nitrogen and oxygen atoms in total. The van der Waals surface area contributed by atoms with E-state index < -0.39 is 0 Å². The molecule has 2 heterocycles. The van der Waals surface area contributed by atoms with E-state index in [1.807, 2.05) is 18.5 Å². The number of hydrogen-bond donors (Lipinski definition) is 1. The van der Waals surface area contributed by atoms with Crippen molar-refractivity contribution in [1.29, 1.82) is 0 Å². The molecule has 0 bridgehead atoms. The Labute approximate surface area is 84.9 Å². The predicted molar refractivity (Wildman–Crippen MR) is 54.4 cm³/mol. The monoisotopic (exact) mass is 239 g/mol. The second-order valence-electron chi connectivity index (χ2n) is 2.85.